The maximum atomic E-state index is 12.6. The molecule has 0 aliphatic rings. The number of thiophene rings is 1. The molecule has 3 aromatic carbocycles. The van der Waals surface area contributed by atoms with Crippen molar-refractivity contribution in [3.63, 3.8) is 0 Å². The van der Waals surface area contributed by atoms with E-state index in [2.05, 4.69) is 10.0 Å². The molecule has 4 rings (SSSR count). The summed E-state index contributed by atoms with van der Waals surface area (Å²) in [5.74, 6) is 0.598. The predicted molar refractivity (Wildman–Crippen MR) is 151 cm³/mol. The van der Waals surface area contributed by atoms with Gasteiger partial charge in [-0.2, -0.15) is 0 Å². The molecule has 0 bridgehead atoms. The topological polar surface area (TPSA) is 144 Å². The van der Waals surface area contributed by atoms with Gasteiger partial charge >= 0.3 is 6.09 Å². The van der Waals surface area contributed by atoms with Gasteiger partial charge in [0.1, 0.15) is 18.2 Å². The van der Waals surface area contributed by atoms with Crippen LogP contribution in [0.1, 0.15) is 22.1 Å². The third-order valence-electron chi connectivity index (χ3n) is 5.57. The normalized spacial score (nSPS) is 12.1. The fourth-order valence-corrected chi connectivity index (χ4v) is 5.14. The Morgan fingerprint density at radius 3 is 2.47 bits per heavy atom. The average Bonchev–Trinajstić information content (AvgIpc) is 3.33. The maximum Gasteiger partial charge on any atom is 0.411 e. The third-order valence-corrected chi connectivity index (χ3v) is 7.43. The molecule has 0 saturated carbocycles. The molecule has 5 N–H and O–H groups in total. The highest BCUT2D eigenvalue weighted by Gasteiger charge is 2.19. The van der Waals surface area contributed by atoms with Crippen LogP contribution in [0.25, 0.3) is 10.1 Å². The molecule has 1 unspecified atom stereocenters. The lowest BCUT2D eigenvalue weighted by molar-refractivity contribution is 0.0910. The van der Waals surface area contributed by atoms with E-state index in [0.29, 0.717) is 29.3 Å². The van der Waals surface area contributed by atoms with Gasteiger partial charge < -0.3 is 15.2 Å². The second kappa shape index (κ2) is 12.1. The molecule has 0 saturated heterocycles. The number of nitrogen functional groups attached to an aromatic ring is 1. The molecule has 9 nitrogen and oxygen atoms in total. The second-order valence-electron chi connectivity index (χ2n) is 8.55. The number of amidine groups is 1. The fraction of sp³-hybridized carbons (Fsp3) is 0.185. The van der Waals surface area contributed by atoms with Gasteiger partial charge in [0.2, 0.25) is 10.0 Å². The Morgan fingerprint density at radius 1 is 1.05 bits per heavy atom. The molecular weight excluding hydrogens is 524 g/mol. The Kier molecular flexibility index (Phi) is 8.62. The van der Waals surface area contributed by atoms with E-state index in [1.807, 2.05) is 66.7 Å². The highest BCUT2D eigenvalue weighted by atomic mass is 32.2. The Morgan fingerprint density at radius 2 is 1.79 bits per heavy atom. The number of carbonyl (C=O) groups excluding carboxylic acids is 1. The highest BCUT2D eigenvalue weighted by molar-refractivity contribution is 7.88. The summed E-state index contributed by atoms with van der Waals surface area (Å²) in [7, 11) is -3.23. The van der Waals surface area contributed by atoms with E-state index >= 15 is 0 Å². The van der Waals surface area contributed by atoms with Crippen LogP contribution in [0, 0.1) is 5.41 Å². The predicted octanol–water partition coefficient (Wildman–Crippen LogP) is 4.65. The molecule has 0 fully saturated rings. The van der Waals surface area contributed by atoms with Crippen LogP contribution < -0.4 is 20.5 Å². The van der Waals surface area contributed by atoms with Crippen molar-refractivity contribution in [1.82, 2.24) is 4.72 Å². The summed E-state index contributed by atoms with van der Waals surface area (Å²) in [6.07, 6.45) is 0.441. The van der Waals surface area contributed by atoms with Crippen molar-refractivity contribution in [1.29, 1.82) is 5.41 Å². The number of hydrogen-bond donors (Lipinski definition) is 4. The van der Waals surface area contributed by atoms with Gasteiger partial charge in [-0.15, -0.1) is 11.3 Å². The molecule has 4 aromatic rings. The van der Waals surface area contributed by atoms with Crippen molar-refractivity contribution < 1.29 is 22.7 Å². The zero-order chi connectivity index (χ0) is 27.1. The van der Waals surface area contributed by atoms with Crippen molar-refractivity contribution in [2.45, 2.75) is 12.5 Å². The first kappa shape index (κ1) is 27.1. The molecule has 38 heavy (non-hydrogen) atoms. The molecule has 0 radical (unpaired) electrons. The Bertz CT molecular complexity index is 1520. The largest absolute Gasteiger partial charge is 0.481 e. The lowest BCUT2D eigenvalue weighted by Crippen LogP contribution is -2.24. The van der Waals surface area contributed by atoms with E-state index in [4.69, 9.17) is 20.6 Å². The number of amides is 1. The summed E-state index contributed by atoms with van der Waals surface area (Å²) in [4.78, 5) is 13.2. The van der Waals surface area contributed by atoms with Crippen molar-refractivity contribution in [3.8, 4) is 5.75 Å². The van der Waals surface area contributed by atoms with E-state index in [9.17, 15) is 13.2 Å². The first-order valence-corrected chi connectivity index (χ1v) is 14.4. The van der Waals surface area contributed by atoms with Gasteiger partial charge in [0, 0.05) is 22.3 Å². The molecule has 0 aliphatic carbocycles. The van der Waals surface area contributed by atoms with Crippen LogP contribution in [-0.2, 0) is 21.2 Å². The SMILES string of the molecule is CS(=O)(=O)NCCc1ccc(NC(=O)OCC(Oc2cccc3sc(C(=N)N)cc23)c2ccccc2)cc1. The molecule has 0 spiro atoms. The monoisotopic (exact) mass is 552 g/mol. The number of nitrogens with one attached hydrogen (secondary N) is 3. The lowest BCUT2D eigenvalue weighted by atomic mass is 10.1. The minimum absolute atomic E-state index is 0.00429. The van der Waals surface area contributed by atoms with Crippen molar-refractivity contribution in [2.24, 2.45) is 5.73 Å². The first-order valence-electron chi connectivity index (χ1n) is 11.7. The smallest absolute Gasteiger partial charge is 0.411 e. The van der Waals surface area contributed by atoms with E-state index in [1.54, 1.807) is 12.1 Å². The number of nitrogens with two attached hydrogens (primary N) is 1. The molecule has 1 atom stereocenters. The van der Waals surface area contributed by atoms with Crippen molar-refractivity contribution in [3.05, 3.63) is 94.9 Å². The average molecular weight is 553 g/mol. The van der Waals surface area contributed by atoms with Crippen molar-refractivity contribution in [2.75, 3.05) is 24.7 Å². The Hall–Kier alpha value is -3.93. The quantitative estimate of drug-likeness (QED) is 0.158. The number of sulfonamides is 1. The molecule has 1 aromatic heterocycles. The molecule has 11 heteroatoms. The first-order chi connectivity index (χ1) is 18.2. The van der Waals surface area contributed by atoms with Crippen LogP contribution in [0.4, 0.5) is 10.5 Å². The number of benzene rings is 3. The fourth-order valence-electron chi connectivity index (χ4n) is 3.73. The molecular formula is C27H28N4O5S2. The minimum atomic E-state index is -3.23. The van der Waals surface area contributed by atoms with Gasteiger partial charge in [0.25, 0.3) is 0 Å². The summed E-state index contributed by atoms with van der Waals surface area (Å²) >= 11 is 1.41. The molecule has 0 aliphatic heterocycles. The van der Waals surface area contributed by atoms with Gasteiger partial charge in [-0.3, -0.25) is 10.7 Å². The van der Waals surface area contributed by atoms with Gasteiger partial charge in [-0.05, 0) is 47.9 Å². The van der Waals surface area contributed by atoms with Gasteiger partial charge in [0.15, 0.2) is 6.10 Å². The van der Waals surface area contributed by atoms with Crippen LogP contribution in [-0.4, -0.2) is 39.8 Å². The van der Waals surface area contributed by atoms with E-state index in [0.717, 1.165) is 27.5 Å². The lowest BCUT2D eigenvalue weighted by Gasteiger charge is -2.20. The number of hydrogen-bond acceptors (Lipinski definition) is 7. The second-order valence-corrected chi connectivity index (χ2v) is 11.5. The zero-order valence-corrected chi connectivity index (χ0v) is 22.3. The summed E-state index contributed by atoms with van der Waals surface area (Å²) in [6, 6.07) is 24.0. The zero-order valence-electron chi connectivity index (χ0n) is 20.6. The molecule has 1 heterocycles. The maximum absolute atomic E-state index is 12.6. The summed E-state index contributed by atoms with van der Waals surface area (Å²) < 4.78 is 37.6. The summed E-state index contributed by atoms with van der Waals surface area (Å²) in [6.45, 7) is 0.259. The number of rotatable bonds is 11. The van der Waals surface area contributed by atoms with E-state index < -0.39 is 22.2 Å². The standard InChI is InChI=1S/C27H28N4O5S2/c1-38(33,34)30-15-14-18-10-12-20(13-11-18)31-27(32)35-17-23(19-6-3-2-4-7-19)36-22-8-5-9-24-21(22)16-25(37-24)26(28)29/h2-13,16,23,30H,14-15,17H2,1H3,(H3,28,29)(H,31,32). The van der Waals surface area contributed by atoms with E-state index in [1.165, 1.54) is 11.3 Å². The number of fused-ring (bicyclic) bond motifs is 1. The van der Waals surface area contributed by atoms with Gasteiger partial charge in [0.05, 0.1) is 11.1 Å². The van der Waals surface area contributed by atoms with E-state index in [-0.39, 0.29) is 12.4 Å². The van der Waals surface area contributed by atoms with Gasteiger partial charge in [-0.1, -0.05) is 48.5 Å². The molecule has 198 valence electrons. The van der Waals surface area contributed by atoms with Crippen LogP contribution in [0.15, 0.2) is 78.9 Å². The highest BCUT2D eigenvalue weighted by Crippen LogP contribution is 2.35. The minimum Gasteiger partial charge on any atom is -0.481 e. The third kappa shape index (κ3) is 7.54. The van der Waals surface area contributed by atoms with Crippen LogP contribution in [0.5, 0.6) is 5.75 Å². The number of ether oxygens (including phenoxy) is 2. The summed E-state index contributed by atoms with van der Waals surface area (Å²) in [5, 5.41) is 11.3. The number of carbonyl (C=O) groups is 1. The Balaban J connectivity index is 1.41. The van der Waals surface area contributed by atoms with Gasteiger partial charge in [-0.25, -0.2) is 17.9 Å². The number of anilines is 1. The summed E-state index contributed by atoms with van der Waals surface area (Å²) in [5.41, 5.74) is 7.98. The van der Waals surface area contributed by atoms with Crippen LogP contribution >= 0.6 is 11.3 Å². The van der Waals surface area contributed by atoms with Crippen molar-refractivity contribution >= 4 is 49.1 Å². The van der Waals surface area contributed by atoms with Crippen LogP contribution in [0.2, 0.25) is 0 Å². The molecule has 1 amide bonds. The van der Waals surface area contributed by atoms with Crippen LogP contribution in [0.3, 0.4) is 0 Å². The Labute approximate surface area is 225 Å².